The highest BCUT2D eigenvalue weighted by atomic mass is 16.7. The van der Waals surface area contributed by atoms with Gasteiger partial charge in [-0.25, -0.2) is 4.79 Å². The number of carbonyl (C=O) groups is 2. The van der Waals surface area contributed by atoms with Gasteiger partial charge < -0.3 is 14.6 Å². The second-order valence-corrected chi connectivity index (χ2v) is 7.19. The Morgan fingerprint density at radius 3 is 2.68 bits per heavy atom. The molecule has 0 aromatic heterocycles. The predicted octanol–water partition coefficient (Wildman–Crippen LogP) is 2.73. The molecule has 0 spiro atoms. The van der Waals surface area contributed by atoms with E-state index in [9.17, 15) is 14.7 Å². The molecule has 22 heavy (non-hydrogen) atoms. The zero-order valence-electron chi connectivity index (χ0n) is 13.2. The van der Waals surface area contributed by atoms with E-state index in [2.05, 4.69) is 20.4 Å². The predicted molar refractivity (Wildman–Crippen MR) is 78.5 cm³/mol. The molecule has 0 radical (unpaired) electrons. The summed E-state index contributed by atoms with van der Waals surface area (Å²) >= 11 is 0. The summed E-state index contributed by atoms with van der Waals surface area (Å²) in [5, 5.41) is 9.54. The zero-order valence-corrected chi connectivity index (χ0v) is 13.2. The third-order valence-corrected chi connectivity index (χ3v) is 5.67. The Hall–Kier alpha value is -1.78. The molecule has 0 bridgehead atoms. The number of aliphatic carboxylic acids is 1. The van der Waals surface area contributed by atoms with E-state index in [4.69, 9.17) is 9.47 Å². The van der Waals surface area contributed by atoms with Crippen molar-refractivity contribution in [2.45, 2.75) is 39.9 Å². The van der Waals surface area contributed by atoms with Gasteiger partial charge in [0.25, 0.3) is 0 Å². The molecule has 5 unspecified atom stereocenters. The largest absolute Gasteiger partial charge is 0.478 e. The first-order valence-corrected chi connectivity index (χ1v) is 7.69. The van der Waals surface area contributed by atoms with Crippen molar-refractivity contribution in [2.75, 3.05) is 0 Å². The van der Waals surface area contributed by atoms with Gasteiger partial charge in [0.15, 0.2) is 0 Å². The monoisotopic (exact) mass is 306 g/mol. The van der Waals surface area contributed by atoms with Crippen LogP contribution >= 0.6 is 0 Å². The second-order valence-electron chi connectivity index (χ2n) is 7.19. The van der Waals surface area contributed by atoms with Gasteiger partial charge in [-0.3, -0.25) is 4.79 Å². The summed E-state index contributed by atoms with van der Waals surface area (Å²) in [6.07, 6.45) is 2.32. The van der Waals surface area contributed by atoms with Crippen molar-refractivity contribution in [1.29, 1.82) is 0 Å². The molecule has 0 aromatic rings. The van der Waals surface area contributed by atoms with Crippen molar-refractivity contribution in [2.24, 2.45) is 29.1 Å². The summed E-state index contributed by atoms with van der Waals surface area (Å²) in [4.78, 5) is 23.0. The molecule has 2 aliphatic carbocycles. The highest BCUT2D eigenvalue weighted by Gasteiger charge is 2.66. The Labute approximate surface area is 130 Å². The lowest BCUT2D eigenvalue weighted by atomic mass is 9.75. The van der Waals surface area contributed by atoms with Crippen LogP contribution in [0.3, 0.4) is 0 Å². The standard InChI is InChI=1S/C17H22O5/c1-8-5-6-11-14(17(11,3)4)13-10(15(19)20)7-21-16(12(8)13)22-9(2)18/h7,11-14,16H,1,5-6H2,2-4H3,(H,19,20). The molecule has 3 rings (SSSR count). The van der Waals surface area contributed by atoms with E-state index in [1.165, 1.54) is 13.2 Å². The van der Waals surface area contributed by atoms with Crippen molar-refractivity contribution in [1.82, 2.24) is 0 Å². The van der Waals surface area contributed by atoms with Crippen molar-refractivity contribution >= 4 is 11.9 Å². The van der Waals surface area contributed by atoms with Crippen molar-refractivity contribution in [3.05, 3.63) is 24.0 Å². The van der Waals surface area contributed by atoms with Gasteiger partial charge in [0.2, 0.25) is 6.29 Å². The molecule has 0 aromatic carbocycles. The Bertz CT molecular complexity index is 574. The van der Waals surface area contributed by atoms with Crippen LogP contribution in [0.2, 0.25) is 0 Å². The van der Waals surface area contributed by atoms with E-state index in [-0.39, 0.29) is 28.7 Å². The van der Waals surface area contributed by atoms with E-state index >= 15 is 0 Å². The van der Waals surface area contributed by atoms with E-state index in [1.54, 1.807) is 0 Å². The molecular weight excluding hydrogens is 284 g/mol. The quantitative estimate of drug-likeness (QED) is 0.627. The zero-order chi connectivity index (χ0) is 16.2. The van der Waals surface area contributed by atoms with Crippen LogP contribution in [0.4, 0.5) is 0 Å². The summed E-state index contributed by atoms with van der Waals surface area (Å²) in [5.41, 5.74) is 1.30. The van der Waals surface area contributed by atoms with Crippen molar-refractivity contribution < 1.29 is 24.2 Å². The molecule has 0 saturated heterocycles. The first-order valence-electron chi connectivity index (χ1n) is 7.69. The van der Waals surface area contributed by atoms with Gasteiger partial charge >= 0.3 is 11.9 Å². The van der Waals surface area contributed by atoms with Gasteiger partial charge in [-0.15, -0.1) is 0 Å². The van der Waals surface area contributed by atoms with Crippen LogP contribution in [0, 0.1) is 29.1 Å². The minimum Gasteiger partial charge on any atom is -0.478 e. The topological polar surface area (TPSA) is 72.8 Å². The minimum absolute atomic E-state index is 0.107. The van der Waals surface area contributed by atoms with Crippen LogP contribution in [0.15, 0.2) is 24.0 Å². The lowest BCUT2D eigenvalue weighted by Crippen LogP contribution is -2.41. The van der Waals surface area contributed by atoms with Gasteiger partial charge in [-0.05, 0) is 30.1 Å². The molecule has 5 heteroatoms. The Kier molecular flexibility index (Phi) is 3.34. The number of carboxylic acid groups (broad SMARTS) is 1. The first-order chi connectivity index (χ1) is 10.2. The number of fused-ring (bicyclic) bond motifs is 3. The third-order valence-electron chi connectivity index (χ3n) is 5.67. The summed E-state index contributed by atoms with van der Waals surface area (Å²) in [6.45, 7) is 9.82. The fraction of sp³-hybridized carbons (Fsp3) is 0.647. The molecule has 1 heterocycles. The molecule has 1 N–H and O–H groups in total. The molecular formula is C17H22O5. The fourth-order valence-corrected chi connectivity index (χ4v) is 4.55. The summed E-state index contributed by atoms with van der Waals surface area (Å²) in [6, 6.07) is 0. The van der Waals surface area contributed by atoms with E-state index < -0.39 is 18.2 Å². The molecule has 1 aliphatic heterocycles. The number of rotatable bonds is 2. The van der Waals surface area contributed by atoms with Crippen LogP contribution in [0.5, 0.6) is 0 Å². The van der Waals surface area contributed by atoms with Gasteiger partial charge in [-0.1, -0.05) is 26.0 Å². The molecule has 5 atom stereocenters. The van der Waals surface area contributed by atoms with Crippen molar-refractivity contribution in [3.8, 4) is 0 Å². The Morgan fingerprint density at radius 1 is 1.41 bits per heavy atom. The Morgan fingerprint density at radius 2 is 2.09 bits per heavy atom. The smallest absolute Gasteiger partial charge is 0.335 e. The van der Waals surface area contributed by atoms with Gasteiger partial charge in [0.1, 0.15) is 0 Å². The van der Waals surface area contributed by atoms with Crippen LogP contribution < -0.4 is 0 Å². The maximum Gasteiger partial charge on any atom is 0.335 e. The number of hydrogen-bond donors (Lipinski definition) is 1. The lowest BCUT2D eigenvalue weighted by Gasteiger charge is -2.37. The molecule has 2 saturated carbocycles. The number of carbonyl (C=O) groups excluding carboxylic acids is 1. The molecule has 2 fully saturated rings. The number of hydrogen-bond acceptors (Lipinski definition) is 4. The van der Waals surface area contributed by atoms with Gasteiger partial charge in [0.05, 0.1) is 17.8 Å². The maximum atomic E-state index is 11.6. The molecule has 120 valence electrons. The van der Waals surface area contributed by atoms with Gasteiger partial charge in [-0.2, -0.15) is 0 Å². The fourth-order valence-electron chi connectivity index (χ4n) is 4.55. The SMILES string of the molecule is C=C1CCC2C(C3C(C(=O)O)=COC(OC(C)=O)C13)C2(C)C. The Balaban J connectivity index is 2.03. The minimum atomic E-state index is -0.965. The van der Waals surface area contributed by atoms with Crippen LogP contribution in [0.1, 0.15) is 33.6 Å². The van der Waals surface area contributed by atoms with Crippen molar-refractivity contribution in [3.63, 3.8) is 0 Å². The van der Waals surface area contributed by atoms with E-state index in [0.717, 1.165) is 18.4 Å². The average molecular weight is 306 g/mol. The summed E-state index contributed by atoms with van der Waals surface area (Å²) in [5.74, 6) is -1.13. The summed E-state index contributed by atoms with van der Waals surface area (Å²) in [7, 11) is 0. The highest BCUT2D eigenvalue weighted by molar-refractivity contribution is 5.87. The van der Waals surface area contributed by atoms with Crippen LogP contribution in [-0.4, -0.2) is 23.3 Å². The number of esters is 1. The van der Waals surface area contributed by atoms with E-state index in [0.29, 0.717) is 5.92 Å². The molecule has 5 nitrogen and oxygen atoms in total. The molecule has 0 amide bonds. The number of carboxylic acids is 1. The normalized spacial score (nSPS) is 38.6. The van der Waals surface area contributed by atoms with Gasteiger partial charge in [0, 0.05) is 12.8 Å². The van der Waals surface area contributed by atoms with Crippen LogP contribution in [0.25, 0.3) is 0 Å². The first kappa shape index (κ1) is 15.1. The van der Waals surface area contributed by atoms with E-state index in [1.807, 2.05) is 0 Å². The highest BCUT2D eigenvalue weighted by Crippen LogP contribution is 2.69. The summed E-state index contributed by atoms with van der Waals surface area (Å²) < 4.78 is 10.7. The second kappa shape index (κ2) is 4.86. The lowest BCUT2D eigenvalue weighted by molar-refractivity contribution is -0.181. The third kappa shape index (κ3) is 2.14. The van der Waals surface area contributed by atoms with Crippen LogP contribution in [-0.2, 0) is 19.1 Å². The number of ether oxygens (including phenoxy) is 2. The average Bonchev–Trinajstić information content (AvgIpc) is 3.00. The maximum absolute atomic E-state index is 11.6. The molecule has 3 aliphatic rings.